The number of hydrogen-bond donors (Lipinski definition) is 1. The zero-order chi connectivity index (χ0) is 14.2. The second-order valence-corrected chi connectivity index (χ2v) is 5.03. The quantitative estimate of drug-likeness (QED) is 0.862. The summed E-state index contributed by atoms with van der Waals surface area (Å²) in [6.45, 7) is 5.79. The monoisotopic (exact) mass is 263 g/mol. The van der Waals surface area contributed by atoms with Gasteiger partial charge in [-0.2, -0.15) is 5.26 Å². The number of aromatic nitrogens is 2. The molecular formula is C13H17N3O3. The normalized spacial score (nSPS) is 34.1. The van der Waals surface area contributed by atoms with Gasteiger partial charge in [-0.05, 0) is 6.42 Å². The van der Waals surface area contributed by atoms with E-state index in [9.17, 15) is 14.9 Å². The molecule has 1 aromatic heterocycles. The minimum absolute atomic E-state index is 0.00296. The van der Waals surface area contributed by atoms with Gasteiger partial charge in [0.05, 0.1) is 6.07 Å². The van der Waals surface area contributed by atoms with Crippen LogP contribution in [0.1, 0.15) is 33.4 Å². The van der Waals surface area contributed by atoms with Gasteiger partial charge in [-0.15, -0.1) is 0 Å². The van der Waals surface area contributed by atoms with Crippen LogP contribution in [0.3, 0.4) is 0 Å². The van der Waals surface area contributed by atoms with Crippen molar-refractivity contribution in [1.29, 1.82) is 5.26 Å². The average molecular weight is 263 g/mol. The third kappa shape index (κ3) is 2.00. The van der Waals surface area contributed by atoms with Gasteiger partial charge in [0.15, 0.2) is 5.60 Å². The van der Waals surface area contributed by atoms with Crippen molar-refractivity contribution in [2.45, 2.75) is 39.0 Å². The third-order valence-corrected chi connectivity index (χ3v) is 4.14. The lowest BCUT2D eigenvalue weighted by Crippen LogP contribution is -2.34. The highest BCUT2D eigenvalue weighted by atomic mass is 16.5. The van der Waals surface area contributed by atoms with E-state index in [2.05, 4.69) is 11.1 Å². The fraction of sp³-hybridized carbons (Fsp3) is 0.615. The van der Waals surface area contributed by atoms with Crippen molar-refractivity contribution in [2.75, 3.05) is 0 Å². The number of nitriles is 1. The topological polar surface area (TPSA) is 87.9 Å². The Morgan fingerprint density at radius 2 is 2.21 bits per heavy atom. The van der Waals surface area contributed by atoms with E-state index in [0.29, 0.717) is 6.42 Å². The summed E-state index contributed by atoms with van der Waals surface area (Å²) < 4.78 is 7.20. The maximum absolute atomic E-state index is 11.8. The minimum Gasteiger partial charge on any atom is -0.336 e. The Morgan fingerprint density at radius 3 is 2.68 bits per heavy atom. The molecule has 6 heteroatoms. The lowest BCUT2D eigenvalue weighted by atomic mass is 9.82. The zero-order valence-electron chi connectivity index (χ0n) is 11.2. The van der Waals surface area contributed by atoms with E-state index in [4.69, 9.17) is 4.74 Å². The van der Waals surface area contributed by atoms with Crippen LogP contribution < -0.4 is 11.2 Å². The first-order valence-electron chi connectivity index (χ1n) is 6.35. The van der Waals surface area contributed by atoms with Crippen LogP contribution in [-0.2, 0) is 4.74 Å². The number of hydrogen-bond acceptors (Lipinski definition) is 4. The second kappa shape index (κ2) is 4.67. The van der Waals surface area contributed by atoms with E-state index in [1.807, 2.05) is 20.8 Å². The van der Waals surface area contributed by atoms with Crippen LogP contribution >= 0.6 is 0 Å². The second-order valence-electron chi connectivity index (χ2n) is 5.03. The molecule has 6 nitrogen and oxygen atoms in total. The molecule has 0 bridgehead atoms. The highest BCUT2D eigenvalue weighted by Gasteiger charge is 2.51. The highest BCUT2D eigenvalue weighted by molar-refractivity contribution is 5.10. The van der Waals surface area contributed by atoms with Crippen LogP contribution in [0.2, 0.25) is 0 Å². The van der Waals surface area contributed by atoms with Crippen LogP contribution in [-0.4, -0.2) is 15.2 Å². The van der Waals surface area contributed by atoms with Gasteiger partial charge in [0.1, 0.15) is 6.23 Å². The number of ether oxygens (including phenoxy) is 1. The number of aromatic amines is 1. The van der Waals surface area contributed by atoms with Crippen molar-refractivity contribution < 1.29 is 4.74 Å². The van der Waals surface area contributed by atoms with Gasteiger partial charge in [-0.3, -0.25) is 14.3 Å². The van der Waals surface area contributed by atoms with Crippen molar-refractivity contribution in [2.24, 2.45) is 11.8 Å². The summed E-state index contributed by atoms with van der Waals surface area (Å²) in [7, 11) is 0. The largest absolute Gasteiger partial charge is 0.336 e. The summed E-state index contributed by atoms with van der Waals surface area (Å²) in [5, 5.41) is 9.36. The Hall–Kier alpha value is -1.87. The number of H-pyrrole nitrogens is 1. The van der Waals surface area contributed by atoms with Crippen molar-refractivity contribution in [3.8, 4) is 6.07 Å². The highest BCUT2D eigenvalue weighted by Crippen LogP contribution is 2.46. The Kier molecular flexibility index (Phi) is 3.33. The SMILES string of the molecule is CCC1(C#N)OC(n2ccc(=O)[nH]c2=O)C(C)C1C. The lowest BCUT2D eigenvalue weighted by molar-refractivity contribution is -0.0565. The molecule has 2 heterocycles. The smallest absolute Gasteiger partial charge is 0.330 e. The fourth-order valence-corrected chi connectivity index (χ4v) is 2.65. The van der Waals surface area contributed by atoms with Crippen molar-refractivity contribution in [1.82, 2.24) is 9.55 Å². The molecule has 4 unspecified atom stereocenters. The van der Waals surface area contributed by atoms with Gasteiger partial charge >= 0.3 is 5.69 Å². The van der Waals surface area contributed by atoms with Gasteiger partial charge in [0, 0.05) is 24.1 Å². The summed E-state index contributed by atoms with van der Waals surface area (Å²) in [6.07, 6.45) is 1.45. The van der Waals surface area contributed by atoms with Crippen molar-refractivity contribution in [3.63, 3.8) is 0 Å². The van der Waals surface area contributed by atoms with Gasteiger partial charge < -0.3 is 4.74 Å². The summed E-state index contributed by atoms with van der Waals surface area (Å²) in [5.41, 5.74) is -1.83. The first-order valence-corrected chi connectivity index (χ1v) is 6.35. The van der Waals surface area contributed by atoms with Crippen LogP contribution in [0.4, 0.5) is 0 Å². The molecule has 0 amide bonds. The van der Waals surface area contributed by atoms with Gasteiger partial charge in [-0.25, -0.2) is 4.79 Å². The minimum atomic E-state index is -0.875. The van der Waals surface area contributed by atoms with Crippen LogP contribution in [0.25, 0.3) is 0 Å². The molecule has 1 N–H and O–H groups in total. The predicted octanol–water partition coefficient (Wildman–Crippen LogP) is 1.01. The van der Waals surface area contributed by atoms with E-state index in [1.54, 1.807) is 0 Å². The lowest BCUT2D eigenvalue weighted by Gasteiger charge is -2.23. The molecule has 0 radical (unpaired) electrons. The van der Waals surface area contributed by atoms with Gasteiger partial charge in [0.25, 0.3) is 5.56 Å². The molecule has 0 spiro atoms. The summed E-state index contributed by atoms with van der Waals surface area (Å²) in [5.74, 6) is 0.00882. The Labute approximate surface area is 110 Å². The van der Waals surface area contributed by atoms with E-state index in [-0.39, 0.29) is 11.8 Å². The molecule has 102 valence electrons. The predicted molar refractivity (Wildman–Crippen MR) is 68.4 cm³/mol. The van der Waals surface area contributed by atoms with E-state index >= 15 is 0 Å². The molecule has 1 fully saturated rings. The Bertz CT molecular complexity index is 627. The fourth-order valence-electron chi connectivity index (χ4n) is 2.65. The van der Waals surface area contributed by atoms with Crippen molar-refractivity contribution in [3.05, 3.63) is 33.1 Å². The third-order valence-electron chi connectivity index (χ3n) is 4.14. The molecule has 2 rings (SSSR count). The zero-order valence-corrected chi connectivity index (χ0v) is 11.2. The van der Waals surface area contributed by atoms with Crippen LogP contribution in [0.5, 0.6) is 0 Å². The van der Waals surface area contributed by atoms with Crippen LogP contribution in [0.15, 0.2) is 21.9 Å². The molecule has 4 atom stereocenters. The maximum atomic E-state index is 11.8. The Morgan fingerprint density at radius 1 is 1.53 bits per heavy atom. The first-order chi connectivity index (χ1) is 8.95. The molecule has 0 aromatic carbocycles. The van der Waals surface area contributed by atoms with Gasteiger partial charge in [0.2, 0.25) is 0 Å². The van der Waals surface area contributed by atoms with E-state index in [0.717, 1.165) is 0 Å². The van der Waals surface area contributed by atoms with Crippen LogP contribution in [0, 0.1) is 23.2 Å². The number of rotatable bonds is 2. The van der Waals surface area contributed by atoms with E-state index in [1.165, 1.54) is 16.8 Å². The number of nitrogens with one attached hydrogen (secondary N) is 1. The molecule has 0 saturated carbocycles. The molecule has 1 aliphatic rings. The molecule has 0 aliphatic carbocycles. The maximum Gasteiger partial charge on any atom is 0.330 e. The molecular weight excluding hydrogens is 246 g/mol. The summed E-state index contributed by atoms with van der Waals surface area (Å²) in [4.78, 5) is 25.1. The average Bonchev–Trinajstić information content (AvgIpc) is 2.64. The van der Waals surface area contributed by atoms with Gasteiger partial charge in [-0.1, -0.05) is 20.8 Å². The summed E-state index contributed by atoms with van der Waals surface area (Å²) >= 11 is 0. The van der Waals surface area contributed by atoms with Crippen molar-refractivity contribution >= 4 is 0 Å². The number of nitrogens with zero attached hydrogens (tertiary/aromatic N) is 2. The van der Waals surface area contributed by atoms with E-state index < -0.39 is 23.1 Å². The molecule has 1 saturated heterocycles. The molecule has 19 heavy (non-hydrogen) atoms. The standard InChI is InChI=1S/C13H17N3O3/c1-4-13(7-14)9(3)8(2)11(19-13)16-6-5-10(17)15-12(16)18/h5-6,8-9,11H,4H2,1-3H3,(H,15,17,18). The summed E-state index contributed by atoms with van der Waals surface area (Å²) in [6, 6.07) is 3.51. The Balaban J connectivity index is 2.46. The first kappa shape index (κ1) is 13.6. The molecule has 1 aromatic rings. The molecule has 1 aliphatic heterocycles.